The minimum absolute atomic E-state index is 0.826. The average molecular weight is 725 g/mol. The number of hydrogen-bond acceptors (Lipinski definition) is 0. The van der Waals surface area contributed by atoms with Crippen LogP contribution >= 0.6 is 17.0 Å². The fourth-order valence-electron chi connectivity index (χ4n) is 4.36. The van der Waals surface area contributed by atoms with E-state index in [9.17, 15) is 0 Å². The molecule has 0 fully saturated rings. The van der Waals surface area contributed by atoms with Gasteiger partial charge in [-0.15, -0.1) is 0 Å². The average Bonchev–Trinajstić information content (AvgIpc) is 3.26. The van der Waals surface area contributed by atoms with Gasteiger partial charge < -0.3 is 0 Å². The zero-order chi connectivity index (χ0) is 30.0. The minimum atomic E-state index is -1.19. The summed E-state index contributed by atoms with van der Waals surface area (Å²) in [4.78, 5) is 0. The molecule has 0 atom stereocenters. The van der Waals surface area contributed by atoms with E-state index in [-0.39, 0.29) is 0 Å². The van der Waals surface area contributed by atoms with E-state index >= 15 is 0 Å². The van der Waals surface area contributed by atoms with Crippen LogP contribution < -0.4 is 31.1 Å². The van der Waals surface area contributed by atoms with Crippen LogP contribution in [0.15, 0.2) is 24.3 Å². The van der Waals surface area contributed by atoms with Crippen molar-refractivity contribution in [3.8, 4) is 0 Å². The normalized spacial score (nSPS) is 13.3. The summed E-state index contributed by atoms with van der Waals surface area (Å²) < 4.78 is 0. The summed E-state index contributed by atoms with van der Waals surface area (Å²) in [6, 6.07) is 10.3. The van der Waals surface area contributed by atoms with Crippen molar-refractivity contribution in [2.45, 2.75) is 118 Å². The Kier molecular flexibility index (Phi) is 14.2. The monoisotopic (exact) mass is 722 g/mol. The molecule has 212 valence electrons. The van der Waals surface area contributed by atoms with Crippen LogP contribution in [0.4, 0.5) is 0 Å². The quantitative estimate of drug-likeness (QED) is 0.215. The molecule has 0 bridgehead atoms. The molecule has 0 nitrogen and oxygen atoms in total. The van der Waals surface area contributed by atoms with E-state index in [4.69, 9.17) is 17.0 Å². The second-order valence-electron chi connectivity index (χ2n) is 16.7. The molecule has 0 saturated heterocycles. The van der Waals surface area contributed by atoms with Crippen LogP contribution in [0.2, 0.25) is 118 Å². The van der Waals surface area contributed by atoms with Crippen LogP contribution in [0, 0.1) is 0 Å². The Labute approximate surface area is 257 Å². The summed E-state index contributed by atoms with van der Waals surface area (Å²) in [5.74, 6) is 0. The SMILES string of the molecule is C[Si](C)(C)c1cc([Si](C)(C)C)[c-]([Si](C)(C)C)c1.C[Si](C)(C)c1cc([Si](C)(C)C)[c-]([Si](C)(C)C)c1.[Cl][Zr+2][Cl]. The van der Waals surface area contributed by atoms with Gasteiger partial charge in [-0.3, -0.25) is 0 Å². The topological polar surface area (TPSA) is 0 Å². The maximum atomic E-state index is 4.93. The maximum absolute atomic E-state index is 4.93. The first-order valence-electron chi connectivity index (χ1n) is 13.7. The summed E-state index contributed by atoms with van der Waals surface area (Å²) in [5.41, 5.74) is 0. The fraction of sp³-hybridized carbons (Fsp3) is 0.643. The molecule has 0 spiro atoms. The molecule has 2 rings (SSSR count). The van der Waals surface area contributed by atoms with Gasteiger partial charge in [0.05, 0.1) is 16.1 Å². The van der Waals surface area contributed by atoms with Crippen LogP contribution in [-0.2, 0) is 20.8 Å². The van der Waals surface area contributed by atoms with Gasteiger partial charge >= 0.3 is 37.9 Å². The molecular formula is C28H58Cl2Si6Zr. The van der Waals surface area contributed by atoms with Crippen molar-refractivity contribution in [3.63, 3.8) is 0 Å². The van der Waals surface area contributed by atoms with Gasteiger partial charge in [0.2, 0.25) is 0 Å². The number of halogens is 2. The molecule has 2 aromatic carbocycles. The molecule has 0 amide bonds. The van der Waals surface area contributed by atoms with Crippen molar-refractivity contribution >= 4 is 96.6 Å². The van der Waals surface area contributed by atoms with Crippen LogP contribution in [0.3, 0.4) is 0 Å². The molecule has 9 heteroatoms. The summed E-state index contributed by atoms with van der Waals surface area (Å²) in [6.45, 7) is 44.6. The van der Waals surface area contributed by atoms with Crippen molar-refractivity contribution in [2.24, 2.45) is 0 Å². The fourth-order valence-corrected chi connectivity index (χ4v) is 17.6. The van der Waals surface area contributed by atoms with Crippen molar-refractivity contribution in [2.75, 3.05) is 0 Å². The zero-order valence-electron chi connectivity index (χ0n) is 27.6. The predicted molar refractivity (Wildman–Crippen MR) is 194 cm³/mol. The first kappa shape index (κ1) is 38.5. The second kappa shape index (κ2) is 13.6. The third kappa shape index (κ3) is 12.5. The van der Waals surface area contributed by atoms with Crippen LogP contribution in [0.5, 0.6) is 0 Å². The Morgan fingerprint density at radius 2 is 0.676 bits per heavy atom. The number of rotatable bonds is 6. The molecule has 0 radical (unpaired) electrons. The van der Waals surface area contributed by atoms with E-state index in [1.165, 1.54) is 0 Å². The molecule has 0 aliphatic heterocycles. The molecule has 0 saturated carbocycles. The Morgan fingerprint density at radius 3 is 0.784 bits per heavy atom. The molecule has 0 aliphatic rings. The van der Waals surface area contributed by atoms with Crippen molar-refractivity contribution in [3.05, 3.63) is 24.3 Å². The molecule has 2 aromatic rings. The van der Waals surface area contributed by atoms with E-state index in [0.29, 0.717) is 0 Å². The van der Waals surface area contributed by atoms with Crippen molar-refractivity contribution < 1.29 is 20.8 Å². The van der Waals surface area contributed by atoms with Gasteiger partial charge in [-0.05, 0) is 0 Å². The van der Waals surface area contributed by atoms with Gasteiger partial charge in [0.15, 0.2) is 0 Å². The predicted octanol–water partition coefficient (Wildman–Crippen LogP) is 7.46. The molecule has 0 N–H and O–H groups in total. The van der Waals surface area contributed by atoms with Gasteiger partial charge in [0.1, 0.15) is 0 Å². The Bertz CT molecular complexity index is 840. The van der Waals surface area contributed by atoms with E-state index < -0.39 is 69.3 Å². The summed E-state index contributed by atoms with van der Waals surface area (Å²) in [5, 5.41) is 10.3. The molecule has 37 heavy (non-hydrogen) atoms. The Hall–Kier alpha value is 1.46. The first-order chi connectivity index (χ1) is 16.1. The van der Waals surface area contributed by atoms with Gasteiger partial charge in [0, 0.05) is 32.3 Å². The van der Waals surface area contributed by atoms with Crippen molar-refractivity contribution in [1.29, 1.82) is 0 Å². The Morgan fingerprint density at radius 1 is 0.459 bits per heavy atom. The van der Waals surface area contributed by atoms with E-state index in [0.717, 1.165) is 0 Å². The van der Waals surface area contributed by atoms with Crippen LogP contribution in [-0.4, -0.2) is 48.4 Å². The zero-order valence-corrected chi connectivity index (χ0v) is 37.5. The second-order valence-corrected chi connectivity index (χ2v) is 50.8. The number of hydrogen-bond donors (Lipinski definition) is 0. The third-order valence-electron chi connectivity index (χ3n) is 6.74. The first-order valence-corrected chi connectivity index (χ1v) is 41.0. The van der Waals surface area contributed by atoms with E-state index in [2.05, 4.69) is 142 Å². The molecule has 0 aliphatic carbocycles. The summed E-state index contributed by atoms with van der Waals surface area (Å²) >= 11 is -0.826. The van der Waals surface area contributed by atoms with Gasteiger partial charge in [-0.1, -0.05) is 118 Å². The van der Waals surface area contributed by atoms with Crippen LogP contribution in [0.25, 0.3) is 0 Å². The third-order valence-corrected chi connectivity index (χ3v) is 19.4. The summed E-state index contributed by atoms with van der Waals surface area (Å²) in [6.07, 6.45) is 0. The van der Waals surface area contributed by atoms with Crippen molar-refractivity contribution in [1.82, 2.24) is 0 Å². The molecule has 0 heterocycles. The molecule has 0 unspecified atom stereocenters. The van der Waals surface area contributed by atoms with Gasteiger partial charge in [-0.25, -0.2) is 22.5 Å². The summed E-state index contributed by atoms with van der Waals surface area (Å²) in [7, 11) is 2.80. The van der Waals surface area contributed by atoms with Crippen LogP contribution in [0.1, 0.15) is 0 Å². The van der Waals surface area contributed by atoms with E-state index in [1.807, 2.05) is 0 Å². The molecular weight excluding hydrogens is 667 g/mol. The van der Waals surface area contributed by atoms with Gasteiger partial charge in [0.25, 0.3) is 0 Å². The molecule has 0 aromatic heterocycles. The Balaban J connectivity index is 0.000000633. The van der Waals surface area contributed by atoms with E-state index in [1.54, 1.807) is 31.1 Å². The standard InChI is InChI=1S/2C14H29Si3.2ClH.Zr/c2*1-15(2,3)12-10-13(16(4,5)6)14(11-12)17(7,8)9;;;/h2*10-11H,1-9H3;2*1H;/q2*-1;;;+4/p-2. The van der Waals surface area contributed by atoms with Gasteiger partial charge in [-0.2, -0.15) is 32.9 Å².